The zero-order valence-corrected chi connectivity index (χ0v) is 17.4. The maximum Gasteiger partial charge on any atom is 0.269 e. The number of non-ortho nitro benzene ring substituents is 1. The minimum atomic E-state index is -0.378. The van der Waals surface area contributed by atoms with Crippen molar-refractivity contribution in [1.82, 2.24) is 0 Å². The molecular weight excluding hydrogens is 442 g/mol. The van der Waals surface area contributed by atoms with Gasteiger partial charge in [-0.2, -0.15) is 0 Å². The van der Waals surface area contributed by atoms with E-state index in [1.807, 2.05) is 42.5 Å². The van der Waals surface area contributed by atoms with Gasteiger partial charge in [-0.15, -0.1) is 0 Å². The first-order chi connectivity index (χ1) is 14.6. The topological polar surface area (TPSA) is 49.6 Å². The summed E-state index contributed by atoms with van der Waals surface area (Å²) in [5, 5.41) is 11.1. The van der Waals surface area contributed by atoms with Gasteiger partial charge >= 0.3 is 0 Å². The normalized spacial score (nSPS) is 12.3. The van der Waals surface area contributed by atoms with Gasteiger partial charge in [0.15, 0.2) is 0 Å². The number of nitro groups is 1. The molecule has 0 saturated carbocycles. The summed E-state index contributed by atoms with van der Waals surface area (Å²) in [6.45, 7) is 0. The number of hydrogen-bond acceptors (Lipinski definition) is 4. The van der Waals surface area contributed by atoms with E-state index in [0.717, 1.165) is 38.6 Å². The van der Waals surface area contributed by atoms with Crippen molar-refractivity contribution in [1.29, 1.82) is 0 Å². The number of rotatable bonds is 3. The highest BCUT2D eigenvalue weighted by Crippen LogP contribution is 2.54. The lowest BCUT2D eigenvalue weighted by Gasteiger charge is -2.40. The number of hydrogen-bond donors (Lipinski definition) is 0. The lowest BCUT2D eigenvalue weighted by atomic mass is 10.0. The molecule has 1 aliphatic heterocycles. The van der Waals surface area contributed by atoms with Crippen LogP contribution in [0.4, 0.5) is 39.8 Å². The van der Waals surface area contributed by atoms with Gasteiger partial charge in [-0.3, -0.25) is 10.1 Å². The van der Waals surface area contributed by atoms with Crippen LogP contribution in [0.5, 0.6) is 0 Å². The molecular formula is C24H16BrN3O2. The first kappa shape index (κ1) is 18.4. The summed E-state index contributed by atoms with van der Waals surface area (Å²) in [4.78, 5) is 15.1. The minimum absolute atomic E-state index is 0.0761. The fourth-order valence-corrected chi connectivity index (χ4v) is 4.30. The van der Waals surface area contributed by atoms with Crippen molar-refractivity contribution in [2.24, 2.45) is 0 Å². The number of fused-ring (bicyclic) bond motifs is 2. The highest BCUT2D eigenvalue weighted by atomic mass is 79.9. The Kier molecular flexibility index (Phi) is 4.48. The van der Waals surface area contributed by atoms with Crippen LogP contribution >= 0.6 is 15.9 Å². The Balaban J connectivity index is 1.75. The largest absolute Gasteiger partial charge is 0.306 e. The van der Waals surface area contributed by atoms with Crippen LogP contribution in [-0.4, -0.2) is 4.92 Å². The fourth-order valence-electron chi connectivity index (χ4n) is 3.84. The average Bonchev–Trinajstić information content (AvgIpc) is 2.78. The van der Waals surface area contributed by atoms with Gasteiger partial charge in [0.2, 0.25) is 0 Å². The van der Waals surface area contributed by atoms with Gasteiger partial charge in [-0.1, -0.05) is 36.4 Å². The Bertz CT molecular complexity index is 1210. The molecule has 0 N–H and O–H groups in total. The highest BCUT2D eigenvalue weighted by Gasteiger charge is 2.30. The molecule has 0 spiro atoms. The first-order valence-electron chi connectivity index (χ1n) is 9.42. The Morgan fingerprint density at radius 1 is 0.600 bits per heavy atom. The maximum absolute atomic E-state index is 11.1. The molecule has 0 radical (unpaired) electrons. The predicted molar refractivity (Wildman–Crippen MR) is 124 cm³/mol. The second-order valence-electron chi connectivity index (χ2n) is 6.87. The van der Waals surface area contributed by atoms with E-state index in [9.17, 15) is 10.1 Å². The number of para-hydroxylation sites is 5. The van der Waals surface area contributed by atoms with Gasteiger partial charge in [0, 0.05) is 22.3 Å². The van der Waals surface area contributed by atoms with E-state index in [1.54, 1.807) is 24.3 Å². The number of nitrogens with zero attached hydrogens (tertiary/aromatic N) is 3. The molecule has 1 heterocycles. The van der Waals surface area contributed by atoms with Crippen LogP contribution in [0.15, 0.2) is 102 Å². The van der Waals surface area contributed by atoms with Crippen LogP contribution in [0.3, 0.4) is 0 Å². The predicted octanol–water partition coefficient (Wildman–Crippen LogP) is 7.61. The summed E-state index contributed by atoms with van der Waals surface area (Å²) in [7, 11) is 0. The quantitative estimate of drug-likeness (QED) is 0.206. The zero-order chi connectivity index (χ0) is 20.7. The molecule has 5 rings (SSSR count). The number of anilines is 6. The van der Waals surface area contributed by atoms with E-state index in [0.29, 0.717) is 0 Å². The lowest BCUT2D eigenvalue weighted by Crippen LogP contribution is -2.24. The van der Waals surface area contributed by atoms with E-state index in [1.165, 1.54) is 0 Å². The fraction of sp³-hybridized carbons (Fsp3) is 0. The van der Waals surface area contributed by atoms with Crippen molar-refractivity contribution >= 4 is 55.7 Å². The second-order valence-corrected chi connectivity index (χ2v) is 7.73. The van der Waals surface area contributed by atoms with Crippen LogP contribution in [0.1, 0.15) is 0 Å². The molecule has 4 aromatic rings. The smallest absolute Gasteiger partial charge is 0.269 e. The third-order valence-electron chi connectivity index (χ3n) is 5.14. The third kappa shape index (κ3) is 2.93. The molecule has 5 nitrogen and oxygen atoms in total. The van der Waals surface area contributed by atoms with E-state index in [-0.39, 0.29) is 10.6 Å². The summed E-state index contributed by atoms with van der Waals surface area (Å²) in [6.07, 6.45) is 0. The standard InChI is InChI=1S/C24H16BrN3O2/c25-19-7-1-2-8-20(19)27-23-11-5-3-9-21(23)26(22-10-4-6-12-24(22)27)17-13-15-18(16-14-17)28(29)30/h1-16H. The Hall–Kier alpha value is -3.64. The van der Waals surface area contributed by atoms with Gasteiger partial charge in [0.1, 0.15) is 0 Å². The van der Waals surface area contributed by atoms with E-state index < -0.39 is 0 Å². The van der Waals surface area contributed by atoms with Gasteiger partial charge in [-0.25, -0.2) is 0 Å². The van der Waals surface area contributed by atoms with Gasteiger partial charge < -0.3 is 9.80 Å². The highest BCUT2D eigenvalue weighted by molar-refractivity contribution is 9.10. The van der Waals surface area contributed by atoms with Crippen molar-refractivity contribution in [3.8, 4) is 0 Å². The molecule has 146 valence electrons. The molecule has 0 aromatic heterocycles. The van der Waals surface area contributed by atoms with Crippen molar-refractivity contribution in [3.05, 3.63) is 112 Å². The SMILES string of the molecule is O=[N+]([O-])c1ccc(N2c3ccccc3N(c3ccccc3Br)c3ccccc32)cc1. The van der Waals surface area contributed by atoms with E-state index >= 15 is 0 Å². The molecule has 4 aromatic carbocycles. The molecule has 6 heteroatoms. The monoisotopic (exact) mass is 457 g/mol. The summed E-state index contributed by atoms with van der Waals surface area (Å²) >= 11 is 3.70. The molecule has 0 saturated heterocycles. The van der Waals surface area contributed by atoms with Crippen molar-refractivity contribution < 1.29 is 4.92 Å². The summed E-state index contributed by atoms with van der Waals surface area (Å²) < 4.78 is 0.999. The minimum Gasteiger partial charge on any atom is -0.306 e. The Labute approximate surface area is 182 Å². The summed E-state index contributed by atoms with van der Waals surface area (Å²) in [6, 6.07) is 31.2. The molecule has 1 aliphatic rings. The van der Waals surface area contributed by atoms with Crippen LogP contribution in [-0.2, 0) is 0 Å². The number of halogens is 1. The van der Waals surface area contributed by atoms with Gasteiger partial charge in [-0.05, 0) is 64.5 Å². The summed E-state index contributed by atoms with van der Waals surface area (Å²) in [5.41, 5.74) is 6.05. The average molecular weight is 458 g/mol. The molecule has 0 amide bonds. The molecule has 0 bridgehead atoms. The van der Waals surface area contributed by atoms with Crippen LogP contribution in [0.2, 0.25) is 0 Å². The van der Waals surface area contributed by atoms with E-state index in [2.05, 4.69) is 56.1 Å². The van der Waals surface area contributed by atoms with E-state index in [4.69, 9.17) is 0 Å². The lowest BCUT2D eigenvalue weighted by molar-refractivity contribution is -0.384. The first-order valence-corrected chi connectivity index (χ1v) is 10.2. The molecule has 0 unspecified atom stereocenters. The Morgan fingerprint density at radius 2 is 1.03 bits per heavy atom. The molecule has 30 heavy (non-hydrogen) atoms. The van der Waals surface area contributed by atoms with Crippen LogP contribution in [0.25, 0.3) is 0 Å². The molecule has 0 fully saturated rings. The van der Waals surface area contributed by atoms with Crippen molar-refractivity contribution in [2.75, 3.05) is 9.80 Å². The van der Waals surface area contributed by atoms with Crippen molar-refractivity contribution in [3.63, 3.8) is 0 Å². The van der Waals surface area contributed by atoms with Gasteiger partial charge in [0.25, 0.3) is 5.69 Å². The van der Waals surface area contributed by atoms with Crippen molar-refractivity contribution in [2.45, 2.75) is 0 Å². The number of benzene rings is 4. The van der Waals surface area contributed by atoms with Gasteiger partial charge in [0.05, 0.1) is 33.4 Å². The molecule has 0 aliphatic carbocycles. The maximum atomic E-state index is 11.1. The Morgan fingerprint density at radius 3 is 1.50 bits per heavy atom. The number of nitro benzene ring substituents is 1. The molecule has 0 atom stereocenters. The summed E-state index contributed by atoms with van der Waals surface area (Å²) in [5.74, 6) is 0. The second kappa shape index (κ2) is 7.31. The zero-order valence-electron chi connectivity index (χ0n) is 15.8. The van der Waals surface area contributed by atoms with Crippen LogP contribution < -0.4 is 9.80 Å². The third-order valence-corrected chi connectivity index (χ3v) is 5.81. The van der Waals surface area contributed by atoms with Crippen LogP contribution in [0, 0.1) is 10.1 Å².